The van der Waals surface area contributed by atoms with Gasteiger partial charge in [0, 0.05) is 13.6 Å². The molecule has 1 rings (SSSR count). The summed E-state index contributed by atoms with van der Waals surface area (Å²) in [5.41, 5.74) is 7.60. The molecule has 1 atom stereocenters. The molecule has 0 aromatic heterocycles. The first-order valence-electron chi connectivity index (χ1n) is 5.58. The molecule has 18 heavy (non-hydrogen) atoms. The van der Waals surface area contributed by atoms with Gasteiger partial charge in [0.15, 0.2) is 0 Å². The lowest BCUT2D eigenvalue weighted by Crippen LogP contribution is -2.24. The highest BCUT2D eigenvalue weighted by Gasteiger charge is 2.13. The second-order valence-electron chi connectivity index (χ2n) is 4.18. The Labute approximate surface area is 107 Å². The fraction of sp³-hybridized carbons (Fsp3) is 0.385. The number of esters is 1. The largest absolute Gasteiger partial charge is 0.465 e. The monoisotopic (exact) mass is 247 g/mol. The van der Waals surface area contributed by atoms with Gasteiger partial charge in [0.1, 0.15) is 0 Å². The molecule has 1 aromatic rings. The number of nitrogen functional groups attached to an aromatic ring is 1. The molecule has 0 amide bonds. The maximum atomic E-state index is 11.4. The Hall–Kier alpha value is -2.22. The van der Waals surface area contributed by atoms with Crippen LogP contribution < -0.4 is 10.6 Å². The summed E-state index contributed by atoms with van der Waals surface area (Å²) in [7, 11) is 3.17. The van der Waals surface area contributed by atoms with E-state index in [1.54, 1.807) is 18.2 Å². The molecule has 0 spiro atoms. The van der Waals surface area contributed by atoms with Gasteiger partial charge in [-0.25, -0.2) is 4.79 Å². The van der Waals surface area contributed by atoms with Crippen molar-refractivity contribution in [1.29, 1.82) is 5.26 Å². The summed E-state index contributed by atoms with van der Waals surface area (Å²) in [5, 5.41) is 8.80. The standard InChI is InChI=1S/C13H17N3O2/c1-9(7-14)8-16(2)12-6-10(13(17)18-3)4-5-11(12)15/h4-6,9H,8,15H2,1-3H3. The minimum Gasteiger partial charge on any atom is -0.465 e. The molecule has 0 aliphatic heterocycles. The number of rotatable bonds is 4. The van der Waals surface area contributed by atoms with Crippen molar-refractivity contribution in [2.24, 2.45) is 5.92 Å². The molecular formula is C13H17N3O2. The fourth-order valence-electron chi connectivity index (χ4n) is 1.67. The van der Waals surface area contributed by atoms with Gasteiger partial charge in [-0.05, 0) is 25.1 Å². The van der Waals surface area contributed by atoms with E-state index in [0.29, 0.717) is 17.8 Å². The van der Waals surface area contributed by atoms with Crippen LogP contribution in [0.1, 0.15) is 17.3 Å². The van der Waals surface area contributed by atoms with Gasteiger partial charge in [0.2, 0.25) is 0 Å². The zero-order chi connectivity index (χ0) is 13.7. The zero-order valence-corrected chi connectivity index (χ0v) is 10.8. The SMILES string of the molecule is COC(=O)c1ccc(N)c(N(C)CC(C)C#N)c1. The van der Waals surface area contributed by atoms with Gasteiger partial charge in [-0.3, -0.25) is 0 Å². The zero-order valence-electron chi connectivity index (χ0n) is 10.8. The van der Waals surface area contributed by atoms with Crippen LogP contribution in [0.2, 0.25) is 0 Å². The Morgan fingerprint density at radius 2 is 2.28 bits per heavy atom. The predicted octanol–water partition coefficient (Wildman–Crippen LogP) is 1.65. The molecule has 5 heteroatoms. The van der Waals surface area contributed by atoms with E-state index in [9.17, 15) is 4.79 Å². The van der Waals surface area contributed by atoms with Crippen LogP contribution in [0.5, 0.6) is 0 Å². The summed E-state index contributed by atoms with van der Waals surface area (Å²) in [4.78, 5) is 13.3. The molecule has 0 saturated heterocycles. The van der Waals surface area contributed by atoms with Gasteiger partial charge in [0.05, 0.1) is 36.0 Å². The lowest BCUT2D eigenvalue weighted by molar-refractivity contribution is 0.0601. The molecule has 96 valence electrons. The van der Waals surface area contributed by atoms with Gasteiger partial charge in [-0.1, -0.05) is 0 Å². The van der Waals surface area contributed by atoms with E-state index in [2.05, 4.69) is 10.8 Å². The molecule has 0 radical (unpaired) electrons. The summed E-state index contributed by atoms with van der Waals surface area (Å²) in [6.45, 7) is 2.38. The van der Waals surface area contributed by atoms with Crippen LogP contribution in [0, 0.1) is 17.2 Å². The number of ether oxygens (including phenoxy) is 1. The lowest BCUT2D eigenvalue weighted by atomic mass is 10.1. The minimum absolute atomic E-state index is 0.115. The number of methoxy groups -OCH3 is 1. The Balaban J connectivity index is 3.00. The molecule has 0 aliphatic carbocycles. The Bertz CT molecular complexity index is 480. The van der Waals surface area contributed by atoms with Crippen LogP contribution in [-0.4, -0.2) is 26.7 Å². The number of hydrogen-bond acceptors (Lipinski definition) is 5. The van der Waals surface area contributed by atoms with Crippen LogP contribution in [0.4, 0.5) is 11.4 Å². The Morgan fingerprint density at radius 1 is 1.61 bits per heavy atom. The van der Waals surface area contributed by atoms with Crippen LogP contribution >= 0.6 is 0 Å². The van der Waals surface area contributed by atoms with Gasteiger partial charge >= 0.3 is 5.97 Å². The Morgan fingerprint density at radius 3 is 2.83 bits per heavy atom. The molecule has 1 aromatic carbocycles. The third-order valence-corrected chi connectivity index (χ3v) is 2.63. The first-order chi connectivity index (χ1) is 8.49. The van der Waals surface area contributed by atoms with Gasteiger partial charge < -0.3 is 15.4 Å². The van der Waals surface area contributed by atoms with E-state index in [4.69, 9.17) is 11.0 Å². The molecule has 5 nitrogen and oxygen atoms in total. The number of nitrogens with two attached hydrogens (primary N) is 1. The van der Waals surface area contributed by atoms with E-state index >= 15 is 0 Å². The minimum atomic E-state index is -0.405. The van der Waals surface area contributed by atoms with Gasteiger partial charge in [-0.15, -0.1) is 0 Å². The second kappa shape index (κ2) is 5.92. The molecule has 0 heterocycles. The number of hydrogen-bond donors (Lipinski definition) is 1. The van der Waals surface area contributed by atoms with E-state index in [1.165, 1.54) is 7.11 Å². The summed E-state index contributed by atoms with van der Waals surface area (Å²) in [6.07, 6.45) is 0. The molecule has 0 bridgehead atoms. The maximum Gasteiger partial charge on any atom is 0.337 e. The van der Waals surface area contributed by atoms with Crippen molar-refractivity contribution in [3.05, 3.63) is 23.8 Å². The van der Waals surface area contributed by atoms with E-state index in [1.807, 2.05) is 18.9 Å². The highest BCUT2D eigenvalue weighted by molar-refractivity contribution is 5.92. The van der Waals surface area contributed by atoms with Gasteiger partial charge in [-0.2, -0.15) is 5.26 Å². The normalized spacial score (nSPS) is 11.4. The number of nitrogens with zero attached hydrogens (tertiary/aromatic N) is 2. The Kier molecular flexibility index (Phi) is 4.55. The molecular weight excluding hydrogens is 230 g/mol. The second-order valence-corrected chi connectivity index (χ2v) is 4.18. The number of carbonyl (C=O) groups is 1. The van der Waals surface area contributed by atoms with Crippen molar-refractivity contribution in [1.82, 2.24) is 0 Å². The third kappa shape index (κ3) is 3.14. The van der Waals surface area contributed by atoms with Crippen molar-refractivity contribution in [2.75, 3.05) is 31.3 Å². The summed E-state index contributed by atoms with van der Waals surface area (Å²) in [6, 6.07) is 7.11. The predicted molar refractivity (Wildman–Crippen MR) is 70.2 cm³/mol. The quantitative estimate of drug-likeness (QED) is 0.646. The van der Waals surface area contributed by atoms with Crippen molar-refractivity contribution in [3.8, 4) is 6.07 Å². The van der Waals surface area contributed by atoms with Crippen LogP contribution in [-0.2, 0) is 4.74 Å². The smallest absolute Gasteiger partial charge is 0.337 e. The molecule has 0 fully saturated rings. The summed E-state index contributed by atoms with van der Waals surface area (Å²) < 4.78 is 4.66. The average Bonchev–Trinajstić information content (AvgIpc) is 2.37. The fourth-order valence-corrected chi connectivity index (χ4v) is 1.67. The molecule has 1 unspecified atom stereocenters. The van der Waals surface area contributed by atoms with Crippen LogP contribution in [0.15, 0.2) is 18.2 Å². The number of benzene rings is 1. The van der Waals surface area contributed by atoms with E-state index in [-0.39, 0.29) is 5.92 Å². The number of anilines is 2. The third-order valence-electron chi connectivity index (χ3n) is 2.63. The molecule has 0 saturated carbocycles. The lowest BCUT2D eigenvalue weighted by Gasteiger charge is -2.22. The topological polar surface area (TPSA) is 79.3 Å². The summed E-state index contributed by atoms with van der Waals surface area (Å²) >= 11 is 0. The van der Waals surface area contributed by atoms with Crippen molar-refractivity contribution in [2.45, 2.75) is 6.92 Å². The van der Waals surface area contributed by atoms with Crippen molar-refractivity contribution < 1.29 is 9.53 Å². The first-order valence-corrected chi connectivity index (χ1v) is 5.58. The van der Waals surface area contributed by atoms with Crippen molar-refractivity contribution in [3.63, 3.8) is 0 Å². The first kappa shape index (κ1) is 13.8. The van der Waals surface area contributed by atoms with Crippen molar-refractivity contribution >= 4 is 17.3 Å². The molecule has 2 N–H and O–H groups in total. The number of nitriles is 1. The highest BCUT2D eigenvalue weighted by Crippen LogP contribution is 2.24. The average molecular weight is 247 g/mol. The molecule has 0 aliphatic rings. The van der Waals surface area contributed by atoms with E-state index < -0.39 is 5.97 Å². The maximum absolute atomic E-state index is 11.4. The van der Waals surface area contributed by atoms with Crippen LogP contribution in [0.25, 0.3) is 0 Å². The van der Waals surface area contributed by atoms with Crippen LogP contribution in [0.3, 0.4) is 0 Å². The highest BCUT2D eigenvalue weighted by atomic mass is 16.5. The summed E-state index contributed by atoms with van der Waals surface area (Å²) in [5.74, 6) is -0.519. The number of carbonyl (C=O) groups excluding carboxylic acids is 1. The van der Waals surface area contributed by atoms with Gasteiger partial charge in [0.25, 0.3) is 0 Å². The van der Waals surface area contributed by atoms with E-state index in [0.717, 1.165) is 5.69 Å².